The van der Waals surface area contributed by atoms with Crippen molar-refractivity contribution in [2.45, 2.75) is 51.4 Å². The molecule has 0 bridgehead atoms. The Morgan fingerprint density at radius 1 is 0.596 bits per heavy atom. The largest absolute Gasteiger partial charge is 0.507 e. The van der Waals surface area contributed by atoms with Gasteiger partial charge in [0.05, 0.1) is 32.0 Å². The average molecular weight is 1050 g/mol. The standard InChI is InChI=1S/C10H11IO3.C10H9IO2.C10H12O3.C9H7IO2/c1-14-9-4-2-7(6-8(9)11)3-5-10(12)13;1-13-10-5-7-6(4-8(10)11)2-3-9(7)12;1-13-9-5-2-8(3-6-9)4-7-10(11)12;10-7-3-5-1-2-8(11)6(5)4-9(7)12/h2,4,6H,3,5H2,1H3,(H,12,13);4-5H,2-3H2,1H3;2-3,5-6H,4,7H2,1H3,(H,11,12);3-4,12H,1-2H2. The second kappa shape index (κ2) is 21.3. The zero-order valence-corrected chi connectivity index (χ0v) is 35.3. The van der Waals surface area contributed by atoms with E-state index in [0.29, 0.717) is 31.2 Å². The van der Waals surface area contributed by atoms with E-state index in [9.17, 15) is 24.3 Å². The summed E-state index contributed by atoms with van der Waals surface area (Å²) in [6.07, 6.45) is 4.43. The molecule has 0 amide bonds. The number of rotatable bonds is 9. The third-order valence-corrected chi connectivity index (χ3v) is 10.6. The summed E-state index contributed by atoms with van der Waals surface area (Å²) in [5.74, 6) is 1.48. The van der Waals surface area contributed by atoms with Gasteiger partial charge in [-0.2, -0.15) is 0 Å². The predicted octanol–water partition coefficient (Wildman–Crippen LogP) is 8.58. The number of carboxylic acids is 2. The van der Waals surface area contributed by atoms with E-state index in [1.807, 2.05) is 60.7 Å². The highest BCUT2D eigenvalue weighted by Crippen LogP contribution is 2.31. The molecule has 6 rings (SSSR count). The number of hydrogen-bond acceptors (Lipinski definition) is 8. The van der Waals surface area contributed by atoms with Crippen LogP contribution < -0.4 is 14.2 Å². The van der Waals surface area contributed by atoms with Crippen molar-refractivity contribution in [1.82, 2.24) is 0 Å². The van der Waals surface area contributed by atoms with E-state index in [4.69, 9.17) is 24.4 Å². The van der Waals surface area contributed by atoms with E-state index in [-0.39, 0.29) is 30.2 Å². The molecule has 0 spiro atoms. The predicted molar refractivity (Wildman–Crippen MR) is 222 cm³/mol. The number of Topliss-reactive ketones (excluding diaryl/α,β-unsaturated/α-hetero) is 2. The van der Waals surface area contributed by atoms with Gasteiger partial charge < -0.3 is 29.5 Å². The van der Waals surface area contributed by atoms with Crippen molar-refractivity contribution >= 4 is 91.3 Å². The van der Waals surface area contributed by atoms with Gasteiger partial charge in [0.15, 0.2) is 11.6 Å². The van der Waals surface area contributed by atoms with Crippen molar-refractivity contribution < 1.29 is 48.7 Å². The van der Waals surface area contributed by atoms with E-state index in [1.54, 1.807) is 27.4 Å². The molecule has 3 N–H and O–H groups in total. The van der Waals surface area contributed by atoms with Crippen molar-refractivity contribution in [2.24, 2.45) is 0 Å². The number of carboxylic acid groups (broad SMARTS) is 2. The van der Waals surface area contributed by atoms with Gasteiger partial charge in [-0.1, -0.05) is 18.2 Å². The first-order valence-corrected chi connectivity index (χ1v) is 19.3. The van der Waals surface area contributed by atoms with Crippen molar-refractivity contribution in [1.29, 1.82) is 0 Å². The van der Waals surface area contributed by atoms with Crippen molar-refractivity contribution in [3.63, 3.8) is 0 Å². The third-order valence-electron chi connectivity index (χ3n) is 8.02. The van der Waals surface area contributed by atoms with E-state index in [0.717, 1.165) is 68.6 Å². The van der Waals surface area contributed by atoms with Crippen LogP contribution in [0, 0.1) is 10.7 Å². The molecule has 2 aliphatic carbocycles. The lowest BCUT2D eigenvalue weighted by atomic mass is 10.1. The number of hydrogen-bond donors (Lipinski definition) is 3. The normalized spacial score (nSPS) is 12.1. The van der Waals surface area contributed by atoms with Gasteiger partial charge in [-0.15, -0.1) is 0 Å². The SMILES string of the molecule is COc1cc2c(cc1I)CCC2=O.COc1ccc(CCC(=O)O)cc1.COc1ccc(CCC(=O)O)cc1I.O=C1CCc2cc(I)c(O)cc21. The van der Waals surface area contributed by atoms with Crippen molar-refractivity contribution in [3.05, 3.63) is 111 Å². The fourth-order valence-corrected chi connectivity index (χ4v) is 7.30. The molecule has 0 saturated heterocycles. The Morgan fingerprint density at radius 3 is 1.58 bits per heavy atom. The molecule has 4 aromatic carbocycles. The van der Waals surface area contributed by atoms with Crippen LogP contribution in [0.4, 0.5) is 0 Å². The molecule has 0 radical (unpaired) electrons. The molecule has 0 saturated carbocycles. The van der Waals surface area contributed by atoms with Gasteiger partial charge in [0, 0.05) is 36.8 Å². The fourth-order valence-electron chi connectivity index (χ4n) is 5.21. The van der Waals surface area contributed by atoms with Crippen LogP contribution in [0.1, 0.15) is 68.7 Å². The molecular weight excluding hydrogens is 1010 g/mol. The van der Waals surface area contributed by atoms with Crippen LogP contribution in [0.25, 0.3) is 0 Å². The van der Waals surface area contributed by atoms with Gasteiger partial charge in [-0.3, -0.25) is 19.2 Å². The summed E-state index contributed by atoms with van der Waals surface area (Å²) >= 11 is 6.46. The van der Waals surface area contributed by atoms with Crippen LogP contribution in [0.2, 0.25) is 0 Å². The highest BCUT2D eigenvalue weighted by molar-refractivity contribution is 14.1. The van der Waals surface area contributed by atoms with Crippen molar-refractivity contribution in [2.75, 3.05) is 21.3 Å². The van der Waals surface area contributed by atoms with Gasteiger partial charge in [0.2, 0.25) is 0 Å². The molecular formula is C39H39I3O10. The number of ether oxygens (including phenoxy) is 3. The summed E-state index contributed by atoms with van der Waals surface area (Å²) in [6, 6.07) is 20.5. The molecule has 13 heteroatoms. The molecule has 0 aromatic heterocycles. The highest BCUT2D eigenvalue weighted by Gasteiger charge is 2.22. The van der Waals surface area contributed by atoms with E-state index < -0.39 is 11.9 Å². The zero-order valence-electron chi connectivity index (χ0n) is 28.8. The number of ketones is 2. The number of aromatic hydroxyl groups is 1. The molecule has 276 valence electrons. The molecule has 10 nitrogen and oxygen atoms in total. The lowest BCUT2D eigenvalue weighted by molar-refractivity contribution is -0.138. The van der Waals surface area contributed by atoms with Crippen LogP contribution in [-0.2, 0) is 35.3 Å². The number of carbonyl (C=O) groups is 4. The van der Waals surface area contributed by atoms with Crippen LogP contribution in [0.5, 0.6) is 23.0 Å². The van der Waals surface area contributed by atoms with Crippen LogP contribution in [0.15, 0.2) is 66.7 Å². The highest BCUT2D eigenvalue weighted by atomic mass is 127. The van der Waals surface area contributed by atoms with E-state index in [2.05, 4.69) is 67.8 Å². The number of aliphatic carboxylic acids is 2. The molecule has 52 heavy (non-hydrogen) atoms. The Morgan fingerprint density at radius 2 is 1.08 bits per heavy atom. The molecule has 0 atom stereocenters. The minimum atomic E-state index is -0.768. The smallest absolute Gasteiger partial charge is 0.303 e. The maximum atomic E-state index is 11.4. The topological polar surface area (TPSA) is 157 Å². The number of aryl methyl sites for hydroxylation is 4. The number of benzene rings is 4. The molecule has 4 aromatic rings. The van der Waals surface area contributed by atoms with Gasteiger partial charge >= 0.3 is 11.9 Å². The number of phenolic OH excluding ortho intramolecular Hbond substituents is 1. The first kappa shape index (κ1) is 43.0. The first-order chi connectivity index (χ1) is 24.8. The summed E-state index contributed by atoms with van der Waals surface area (Å²) in [6.45, 7) is 0. The lowest BCUT2D eigenvalue weighted by Crippen LogP contribution is -1.98. The Balaban J connectivity index is 0.000000187. The monoisotopic (exact) mass is 1050 g/mol. The summed E-state index contributed by atoms with van der Waals surface area (Å²) < 4.78 is 18.1. The maximum Gasteiger partial charge on any atom is 0.303 e. The summed E-state index contributed by atoms with van der Waals surface area (Å²) in [7, 11) is 4.85. The molecule has 0 unspecified atom stereocenters. The first-order valence-electron chi connectivity index (χ1n) is 16.1. The minimum absolute atomic E-state index is 0.150. The zero-order chi connectivity index (χ0) is 38.4. The minimum Gasteiger partial charge on any atom is -0.507 e. The maximum absolute atomic E-state index is 11.4. The van der Waals surface area contributed by atoms with Gasteiger partial charge in [-0.25, -0.2) is 0 Å². The molecule has 0 aliphatic heterocycles. The molecule has 0 fully saturated rings. The average Bonchev–Trinajstić information content (AvgIpc) is 3.67. The Hall–Kier alpha value is -3.45. The van der Waals surface area contributed by atoms with Crippen LogP contribution in [0.3, 0.4) is 0 Å². The van der Waals surface area contributed by atoms with Gasteiger partial charge in [0.25, 0.3) is 0 Å². The Bertz CT molecular complexity index is 1890. The number of carbonyl (C=O) groups excluding carboxylic acids is 2. The Kier molecular flexibility index (Phi) is 17.6. The van der Waals surface area contributed by atoms with Crippen molar-refractivity contribution in [3.8, 4) is 23.0 Å². The molecule has 0 heterocycles. The van der Waals surface area contributed by atoms with Crippen LogP contribution >= 0.6 is 67.8 Å². The fraction of sp³-hybridized carbons (Fsp3) is 0.282. The number of fused-ring (bicyclic) bond motifs is 2. The second-order valence-electron chi connectivity index (χ2n) is 11.6. The Labute approximate surface area is 343 Å². The van der Waals surface area contributed by atoms with Gasteiger partial charge in [0.1, 0.15) is 23.0 Å². The summed E-state index contributed by atoms with van der Waals surface area (Å²) in [5, 5.41) is 26.3. The van der Waals surface area contributed by atoms with E-state index >= 15 is 0 Å². The third kappa shape index (κ3) is 13.2. The van der Waals surface area contributed by atoms with E-state index in [1.165, 1.54) is 0 Å². The molecule has 2 aliphatic rings. The number of halogens is 3. The summed E-state index contributed by atoms with van der Waals surface area (Å²) in [4.78, 5) is 43.2. The summed E-state index contributed by atoms with van der Waals surface area (Å²) in [5.41, 5.74) is 5.82. The second-order valence-corrected chi connectivity index (χ2v) is 15.0. The number of phenols is 1. The van der Waals surface area contributed by atoms with Gasteiger partial charge in [-0.05, 0) is 164 Å². The number of methoxy groups -OCH3 is 3. The lowest BCUT2D eigenvalue weighted by Gasteiger charge is -2.05. The quantitative estimate of drug-likeness (QED) is 0.139. The van der Waals surface area contributed by atoms with Crippen LogP contribution in [-0.4, -0.2) is 60.2 Å².